The highest BCUT2D eigenvalue weighted by molar-refractivity contribution is 5.86. The van der Waals surface area contributed by atoms with Gasteiger partial charge in [0.15, 0.2) is 0 Å². The lowest BCUT2D eigenvalue weighted by Gasteiger charge is -2.18. The molecule has 0 fully saturated rings. The van der Waals surface area contributed by atoms with Gasteiger partial charge < -0.3 is 14.2 Å². The molecule has 4 nitrogen and oxygen atoms in total. The van der Waals surface area contributed by atoms with Gasteiger partial charge in [-0.3, -0.25) is 4.79 Å². The molecule has 0 bridgehead atoms. The van der Waals surface area contributed by atoms with Gasteiger partial charge in [-0.25, -0.2) is 0 Å². The number of benzene rings is 5. The molecule has 64 heavy (non-hydrogen) atoms. The number of aryl methyl sites for hydroxylation is 2. The van der Waals surface area contributed by atoms with Crippen LogP contribution < -0.4 is 4.74 Å². The molecule has 1 aliphatic rings. The van der Waals surface area contributed by atoms with E-state index >= 15 is 0 Å². The van der Waals surface area contributed by atoms with Gasteiger partial charge in [0.1, 0.15) is 17.8 Å². The molecule has 1 aliphatic carbocycles. The van der Waals surface area contributed by atoms with Gasteiger partial charge in [0.05, 0.1) is 18.5 Å². The van der Waals surface area contributed by atoms with Crippen molar-refractivity contribution in [3.63, 3.8) is 0 Å². The topological polar surface area (TPSA) is 44.8 Å². The monoisotopic (exact) mass is 853 g/mol. The van der Waals surface area contributed by atoms with E-state index in [1.165, 1.54) is 43.2 Å². The normalized spacial score (nSPS) is 13.3. The standard InChI is InChI=1S/C60H68O4/c1-7-9-10-11-14-17-48-20-34-57(35-21-48)64-47(6)60-42-55(52-24-18-50(43-61)19-25-52)31-37-59(60)58-36-30-54(41-45(58)4)53-28-26-51(27-29-53)44(3)40-49-22-32-56(33-23-49)63-39-16-13-12-15-38-62-46(5)8-2/h18-32,34-37,41-43,56H,3,5-17,33,38-40H2,1-2,4H3. The minimum Gasteiger partial charge on any atom is -0.499 e. The molecule has 6 rings (SSSR count). The molecule has 0 aromatic heterocycles. The lowest BCUT2D eigenvalue weighted by Crippen LogP contribution is -2.12. The van der Waals surface area contributed by atoms with E-state index < -0.39 is 0 Å². The van der Waals surface area contributed by atoms with Crippen LogP contribution in [0.3, 0.4) is 0 Å². The van der Waals surface area contributed by atoms with Crippen LogP contribution in [0, 0.1) is 6.92 Å². The number of rotatable bonds is 26. The summed E-state index contributed by atoms with van der Waals surface area (Å²) >= 11 is 0. The Morgan fingerprint density at radius 3 is 1.98 bits per heavy atom. The van der Waals surface area contributed by atoms with E-state index in [2.05, 4.69) is 144 Å². The van der Waals surface area contributed by atoms with E-state index in [9.17, 15) is 4.79 Å². The first-order chi connectivity index (χ1) is 31.2. The highest BCUT2D eigenvalue weighted by Crippen LogP contribution is 2.37. The van der Waals surface area contributed by atoms with Gasteiger partial charge in [-0.1, -0.05) is 175 Å². The Labute approximate surface area is 384 Å². The third-order valence-electron chi connectivity index (χ3n) is 12.2. The van der Waals surface area contributed by atoms with Crippen molar-refractivity contribution in [2.75, 3.05) is 13.2 Å². The van der Waals surface area contributed by atoms with Crippen molar-refractivity contribution in [1.82, 2.24) is 0 Å². The number of aldehydes is 1. The lowest BCUT2D eigenvalue weighted by atomic mass is 9.90. The molecule has 332 valence electrons. The number of carbonyl (C=O) groups excluding carboxylic acids is 1. The Morgan fingerprint density at radius 1 is 0.688 bits per heavy atom. The second-order valence-electron chi connectivity index (χ2n) is 17.2. The molecular weight excluding hydrogens is 785 g/mol. The van der Waals surface area contributed by atoms with Crippen molar-refractivity contribution in [1.29, 1.82) is 0 Å². The number of carbonyl (C=O) groups is 1. The molecule has 0 N–H and O–H groups in total. The van der Waals surface area contributed by atoms with Crippen LogP contribution in [0.15, 0.2) is 158 Å². The van der Waals surface area contributed by atoms with Crippen LogP contribution in [0.5, 0.6) is 5.75 Å². The van der Waals surface area contributed by atoms with Crippen molar-refractivity contribution < 1.29 is 19.0 Å². The van der Waals surface area contributed by atoms with E-state index in [1.54, 1.807) is 0 Å². The number of hydrogen-bond donors (Lipinski definition) is 0. The first kappa shape index (κ1) is 47.5. The second-order valence-corrected chi connectivity index (χ2v) is 17.2. The average Bonchev–Trinajstić information content (AvgIpc) is 3.33. The van der Waals surface area contributed by atoms with Crippen LogP contribution in [0.2, 0.25) is 0 Å². The molecule has 0 saturated carbocycles. The van der Waals surface area contributed by atoms with Crippen LogP contribution >= 0.6 is 0 Å². The van der Waals surface area contributed by atoms with Crippen LogP contribution in [-0.4, -0.2) is 25.6 Å². The van der Waals surface area contributed by atoms with Crippen molar-refractivity contribution in [3.05, 3.63) is 186 Å². The number of unbranched alkanes of at least 4 members (excludes halogenated alkanes) is 7. The average molecular weight is 853 g/mol. The zero-order valence-electron chi connectivity index (χ0n) is 38.6. The van der Waals surface area contributed by atoms with E-state index in [4.69, 9.17) is 14.2 Å². The van der Waals surface area contributed by atoms with Crippen molar-refractivity contribution >= 4 is 17.6 Å². The van der Waals surface area contributed by atoms with Crippen LogP contribution in [0.4, 0.5) is 0 Å². The Bertz CT molecular complexity index is 2380. The van der Waals surface area contributed by atoms with Gasteiger partial charge in [0.25, 0.3) is 0 Å². The summed E-state index contributed by atoms with van der Waals surface area (Å²) in [5, 5.41) is 0. The Balaban J connectivity index is 1.08. The maximum atomic E-state index is 11.4. The third kappa shape index (κ3) is 14.0. The Morgan fingerprint density at radius 2 is 1.33 bits per heavy atom. The summed E-state index contributed by atoms with van der Waals surface area (Å²) in [7, 11) is 0. The minimum atomic E-state index is 0.144. The zero-order chi connectivity index (χ0) is 45.1. The Hall–Kier alpha value is -5.97. The van der Waals surface area contributed by atoms with Crippen molar-refractivity contribution in [2.45, 2.75) is 110 Å². The molecule has 1 atom stereocenters. The summed E-state index contributed by atoms with van der Waals surface area (Å²) in [5.74, 6) is 2.23. The molecule has 0 spiro atoms. The van der Waals surface area contributed by atoms with Crippen LogP contribution in [-0.2, 0) is 15.9 Å². The van der Waals surface area contributed by atoms with Crippen LogP contribution in [0.1, 0.15) is 124 Å². The summed E-state index contributed by atoms with van der Waals surface area (Å²) < 4.78 is 18.2. The lowest BCUT2D eigenvalue weighted by molar-refractivity contribution is 0.0824. The van der Waals surface area contributed by atoms with Crippen LogP contribution in [0.25, 0.3) is 44.7 Å². The van der Waals surface area contributed by atoms with E-state index in [1.807, 2.05) is 24.3 Å². The van der Waals surface area contributed by atoms with Gasteiger partial charge in [-0.15, -0.1) is 0 Å². The van der Waals surface area contributed by atoms with E-state index in [0.717, 1.165) is 138 Å². The van der Waals surface area contributed by atoms with Crippen molar-refractivity contribution in [3.8, 4) is 39.1 Å². The maximum absolute atomic E-state index is 11.4. The summed E-state index contributed by atoms with van der Waals surface area (Å²) in [6, 6.07) is 38.0. The molecular formula is C60H68O4. The van der Waals surface area contributed by atoms with Crippen molar-refractivity contribution in [2.24, 2.45) is 0 Å². The molecule has 0 radical (unpaired) electrons. The van der Waals surface area contributed by atoms with E-state index in [0.29, 0.717) is 11.3 Å². The molecule has 0 heterocycles. The van der Waals surface area contributed by atoms with Gasteiger partial charge >= 0.3 is 0 Å². The SMILES string of the molecule is C=C(CC)OCCCCCCOC1C=CC(CC(=C)c2ccc(-c3ccc(-c4ccc(-c5ccc(C=O)cc5)cc4C(=C)Oc4ccc(CCCCCCC)cc4)c(C)c3)cc2)=CC1. The molecule has 0 saturated heterocycles. The van der Waals surface area contributed by atoms with Gasteiger partial charge in [-0.2, -0.15) is 0 Å². The van der Waals surface area contributed by atoms with Gasteiger partial charge in [0, 0.05) is 24.2 Å². The number of hydrogen-bond acceptors (Lipinski definition) is 4. The molecule has 5 aromatic rings. The number of ether oxygens (including phenoxy) is 3. The molecule has 0 amide bonds. The fourth-order valence-electron chi connectivity index (χ4n) is 8.20. The highest BCUT2D eigenvalue weighted by atomic mass is 16.5. The van der Waals surface area contributed by atoms with E-state index in [-0.39, 0.29) is 6.10 Å². The Kier molecular flexibility index (Phi) is 18.4. The van der Waals surface area contributed by atoms with Gasteiger partial charge in [-0.05, 0) is 131 Å². The molecule has 0 aliphatic heterocycles. The summed E-state index contributed by atoms with van der Waals surface area (Å²) in [5.41, 5.74) is 14.1. The summed E-state index contributed by atoms with van der Waals surface area (Å²) in [6.07, 6.45) is 22.2. The number of allylic oxidation sites excluding steroid dienone is 4. The fourth-order valence-corrected chi connectivity index (χ4v) is 8.20. The largest absolute Gasteiger partial charge is 0.499 e. The highest BCUT2D eigenvalue weighted by Gasteiger charge is 2.16. The predicted octanol–water partition coefficient (Wildman–Crippen LogP) is 16.5. The maximum Gasteiger partial charge on any atom is 0.150 e. The smallest absolute Gasteiger partial charge is 0.150 e. The quantitative estimate of drug-likeness (QED) is 0.0316. The summed E-state index contributed by atoms with van der Waals surface area (Å²) in [4.78, 5) is 11.4. The zero-order valence-corrected chi connectivity index (χ0v) is 38.6. The minimum absolute atomic E-state index is 0.144. The predicted molar refractivity (Wildman–Crippen MR) is 271 cm³/mol. The first-order valence-corrected chi connectivity index (χ1v) is 23.6. The van der Waals surface area contributed by atoms with Gasteiger partial charge in [0.2, 0.25) is 0 Å². The third-order valence-corrected chi connectivity index (χ3v) is 12.2. The summed E-state index contributed by atoms with van der Waals surface area (Å²) in [6.45, 7) is 20.9. The first-order valence-electron chi connectivity index (χ1n) is 23.6. The second kappa shape index (κ2) is 24.8. The molecule has 1 unspecified atom stereocenters. The fraction of sp³-hybridized carbons (Fsp3) is 0.317. The molecule has 4 heteroatoms. The molecule has 5 aromatic carbocycles.